The van der Waals surface area contributed by atoms with Crippen LogP contribution in [0.15, 0.2) is 24.3 Å². The Balaban J connectivity index is 1.79. The van der Waals surface area contributed by atoms with Crippen molar-refractivity contribution in [1.82, 2.24) is 0 Å². The van der Waals surface area contributed by atoms with Gasteiger partial charge < -0.3 is 4.90 Å². The molecule has 1 aromatic carbocycles. The molecule has 1 saturated heterocycles. The topological polar surface area (TPSA) is 3.24 Å². The Morgan fingerprint density at radius 3 is 2.53 bits per heavy atom. The fourth-order valence-electron chi connectivity index (χ4n) is 3.12. The normalized spacial score (nSPS) is 29.5. The smallest absolute Gasteiger partial charge is 0.0426 e. The van der Waals surface area contributed by atoms with Crippen LogP contribution in [0.5, 0.6) is 0 Å². The molecule has 2 aliphatic rings. The molecular formula is C13H16ClN. The maximum absolute atomic E-state index is 6.02. The summed E-state index contributed by atoms with van der Waals surface area (Å²) in [5.74, 6) is 1.90. The first kappa shape index (κ1) is 9.53. The number of halogens is 1. The van der Waals surface area contributed by atoms with E-state index in [1.54, 1.807) is 0 Å². The van der Waals surface area contributed by atoms with Crippen molar-refractivity contribution in [3.8, 4) is 0 Å². The first-order chi connectivity index (χ1) is 7.33. The summed E-state index contributed by atoms with van der Waals surface area (Å²) < 4.78 is 0. The van der Waals surface area contributed by atoms with Crippen molar-refractivity contribution in [2.45, 2.75) is 19.3 Å². The highest BCUT2D eigenvalue weighted by Gasteiger charge is 2.35. The molecule has 0 bridgehead atoms. The molecule has 1 aliphatic heterocycles. The molecule has 1 saturated carbocycles. The van der Waals surface area contributed by atoms with Crippen molar-refractivity contribution in [3.63, 3.8) is 0 Å². The lowest BCUT2D eigenvalue weighted by molar-refractivity contribution is 0.494. The number of fused-ring (bicyclic) bond motifs is 1. The van der Waals surface area contributed by atoms with Crippen molar-refractivity contribution >= 4 is 17.3 Å². The van der Waals surface area contributed by atoms with Crippen LogP contribution in [0.3, 0.4) is 0 Å². The van der Waals surface area contributed by atoms with E-state index in [4.69, 9.17) is 11.6 Å². The van der Waals surface area contributed by atoms with E-state index in [0.717, 1.165) is 16.9 Å². The maximum atomic E-state index is 6.02. The molecule has 0 radical (unpaired) electrons. The summed E-state index contributed by atoms with van der Waals surface area (Å²) in [7, 11) is 0. The zero-order valence-corrected chi connectivity index (χ0v) is 9.58. The summed E-state index contributed by atoms with van der Waals surface area (Å²) in [6.45, 7) is 2.48. The molecule has 15 heavy (non-hydrogen) atoms. The molecule has 0 aromatic heterocycles. The molecule has 80 valence electrons. The van der Waals surface area contributed by atoms with Crippen LogP contribution in [0.2, 0.25) is 5.02 Å². The Hall–Kier alpha value is -0.690. The van der Waals surface area contributed by atoms with Gasteiger partial charge in [0, 0.05) is 23.8 Å². The van der Waals surface area contributed by atoms with Gasteiger partial charge in [0.05, 0.1) is 0 Å². The Labute approximate surface area is 96.0 Å². The summed E-state index contributed by atoms with van der Waals surface area (Å²) in [5, 5.41) is 0.851. The van der Waals surface area contributed by atoms with Crippen molar-refractivity contribution in [2.24, 2.45) is 11.8 Å². The first-order valence-electron chi connectivity index (χ1n) is 5.83. The molecule has 0 N–H and O–H groups in total. The van der Waals surface area contributed by atoms with E-state index in [0.29, 0.717) is 0 Å². The van der Waals surface area contributed by atoms with Gasteiger partial charge in [-0.1, -0.05) is 24.1 Å². The van der Waals surface area contributed by atoms with Crippen LogP contribution in [0.4, 0.5) is 5.69 Å². The van der Waals surface area contributed by atoms with E-state index in [9.17, 15) is 0 Å². The van der Waals surface area contributed by atoms with Crippen LogP contribution >= 0.6 is 11.6 Å². The first-order valence-corrected chi connectivity index (χ1v) is 6.21. The molecule has 2 unspecified atom stereocenters. The van der Waals surface area contributed by atoms with Crippen molar-refractivity contribution in [2.75, 3.05) is 18.0 Å². The van der Waals surface area contributed by atoms with Gasteiger partial charge in [-0.15, -0.1) is 0 Å². The van der Waals surface area contributed by atoms with Crippen LogP contribution in [-0.2, 0) is 0 Å². The molecule has 2 atom stereocenters. The molecule has 2 fully saturated rings. The molecule has 0 spiro atoms. The highest BCUT2D eigenvalue weighted by atomic mass is 35.5. The summed E-state index contributed by atoms with van der Waals surface area (Å²) >= 11 is 6.02. The van der Waals surface area contributed by atoms with Gasteiger partial charge in [-0.3, -0.25) is 0 Å². The number of rotatable bonds is 1. The summed E-state index contributed by atoms with van der Waals surface area (Å²) in [5.41, 5.74) is 1.30. The van der Waals surface area contributed by atoms with Gasteiger partial charge in [0.15, 0.2) is 0 Å². The highest BCUT2D eigenvalue weighted by molar-refractivity contribution is 6.30. The minimum atomic E-state index is 0.851. The average molecular weight is 222 g/mol. The number of benzene rings is 1. The summed E-state index contributed by atoms with van der Waals surface area (Å²) in [6.07, 6.45) is 4.31. The Kier molecular flexibility index (Phi) is 2.36. The van der Waals surface area contributed by atoms with Crippen LogP contribution in [0.25, 0.3) is 0 Å². The van der Waals surface area contributed by atoms with E-state index in [1.807, 2.05) is 12.1 Å². The van der Waals surface area contributed by atoms with Gasteiger partial charge in [0.1, 0.15) is 0 Å². The van der Waals surface area contributed by atoms with Gasteiger partial charge in [0.25, 0.3) is 0 Å². The van der Waals surface area contributed by atoms with Crippen LogP contribution in [-0.4, -0.2) is 13.1 Å². The van der Waals surface area contributed by atoms with Gasteiger partial charge in [-0.05, 0) is 42.9 Å². The predicted octanol–water partition coefficient (Wildman–Crippen LogP) is 3.58. The molecule has 3 rings (SSSR count). The third-order valence-corrected chi connectivity index (χ3v) is 4.13. The zero-order chi connectivity index (χ0) is 10.3. The lowest BCUT2D eigenvalue weighted by Gasteiger charge is -2.19. The standard InChI is InChI=1S/C13H16ClN/c14-12-5-2-6-13(7-12)15-8-10-3-1-4-11(10)9-15/h2,5-7,10-11H,1,3-4,8-9H2. The Bertz CT molecular complexity index is 351. The molecule has 1 aliphatic carbocycles. The lowest BCUT2D eigenvalue weighted by atomic mass is 10.0. The monoisotopic (exact) mass is 221 g/mol. The number of hydrogen-bond acceptors (Lipinski definition) is 1. The van der Waals surface area contributed by atoms with E-state index in [1.165, 1.54) is 38.0 Å². The van der Waals surface area contributed by atoms with Crippen LogP contribution in [0, 0.1) is 11.8 Å². The zero-order valence-electron chi connectivity index (χ0n) is 8.82. The Morgan fingerprint density at radius 1 is 1.13 bits per heavy atom. The summed E-state index contributed by atoms with van der Waals surface area (Å²) in [4.78, 5) is 2.50. The van der Waals surface area contributed by atoms with Crippen molar-refractivity contribution < 1.29 is 0 Å². The van der Waals surface area contributed by atoms with Crippen molar-refractivity contribution in [3.05, 3.63) is 29.3 Å². The van der Waals surface area contributed by atoms with Crippen LogP contribution < -0.4 is 4.90 Å². The molecular weight excluding hydrogens is 206 g/mol. The lowest BCUT2D eigenvalue weighted by Crippen LogP contribution is -2.20. The third-order valence-electron chi connectivity index (χ3n) is 3.90. The van der Waals surface area contributed by atoms with Gasteiger partial charge in [-0.25, -0.2) is 0 Å². The number of anilines is 1. The second-order valence-corrected chi connectivity index (χ2v) is 5.27. The largest absolute Gasteiger partial charge is 0.371 e. The Morgan fingerprint density at radius 2 is 1.87 bits per heavy atom. The second-order valence-electron chi connectivity index (χ2n) is 4.84. The fraction of sp³-hybridized carbons (Fsp3) is 0.538. The van der Waals surface area contributed by atoms with E-state index in [2.05, 4.69) is 17.0 Å². The highest BCUT2D eigenvalue weighted by Crippen LogP contribution is 2.39. The van der Waals surface area contributed by atoms with Crippen molar-refractivity contribution in [1.29, 1.82) is 0 Å². The van der Waals surface area contributed by atoms with E-state index < -0.39 is 0 Å². The second kappa shape index (κ2) is 3.71. The number of nitrogens with zero attached hydrogens (tertiary/aromatic N) is 1. The van der Waals surface area contributed by atoms with E-state index >= 15 is 0 Å². The minimum absolute atomic E-state index is 0.851. The quantitative estimate of drug-likeness (QED) is 0.701. The van der Waals surface area contributed by atoms with Crippen LogP contribution in [0.1, 0.15) is 19.3 Å². The molecule has 1 nitrogen and oxygen atoms in total. The third kappa shape index (κ3) is 1.74. The SMILES string of the molecule is Clc1cccc(N2CC3CCCC3C2)c1. The van der Waals surface area contributed by atoms with Gasteiger partial charge >= 0.3 is 0 Å². The predicted molar refractivity (Wildman–Crippen MR) is 64.5 cm³/mol. The maximum Gasteiger partial charge on any atom is 0.0426 e. The van der Waals surface area contributed by atoms with E-state index in [-0.39, 0.29) is 0 Å². The molecule has 2 heteroatoms. The van der Waals surface area contributed by atoms with Gasteiger partial charge in [-0.2, -0.15) is 0 Å². The summed E-state index contributed by atoms with van der Waals surface area (Å²) in [6, 6.07) is 8.25. The molecule has 1 heterocycles. The fourth-order valence-corrected chi connectivity index (χ4v) is 3.30. The minimum Gasteiger partial charge on any atom is -0.371 e. The molecule has 0 amide bonds. The molecule has 1 aromatic rings. The average Bonchev–Trinajstić information content (AvgIpc) is 2.76. The van der Waals surface area contributed by atoms with Gasteiger partial charge in [0.2, 0.25) is 0 Å². The number of hydrogen-bond donors (Lipinski definition) is 0.